The van der Waals surface area contributed by atoms with E-state index in [2.05, 4.69) is 4.98 Å². The summed E-state index contributed by atoms with van der Waals surface area (Å²) in [6.07, 6.45) is 0.683. The van der Waals surface area contributed by atoms with Crippen LogP contribution in [0.15, 0.2) is 24.3 Å². The van der Waals surface area contributed by atoms with E-state index in [1.807, 2.05) is 31.2 Å². The van der Waals surface area contributed by atoms with Gasteiger partial charge < -0.3 is 9.47 Å². The van der Waals surface area contributed by atoms with Crippen LogP contribution in [0.3, 0.4) is 0 Å². The molecule has 0 N–H and O–H groups in total. The van der Waals surface area contributed by atoms with Gasteiger partial charge in [-0.1, -0.05) is 12.1 Å². The lowest BCUT2D eigenvalue weighted by atomic mass is 10.1. The highest BCUT2D eigenvalue weighted by molar-refractivity contribution is 7.13. The van der Waals surface area contributed by atoms with E-state index in [0.717, 1.165) is 22.0 Å². The summed E-state index contributed by atoms with van der Waals surface area (Å²) in [5.41, 5.74) is 1.83. The fraction of sp³-hybridized carbons (Fsp3) is 0.333. The average molecular weight is 291 g/mol. The Kier molecular flexibility index (Phi) is 4.74. The summed E-state index contributed by atoms with van der Waals surface area (Å²) in [5, 5.41) is 0.902. The number of carbonyl (C=O) groups excluding carboxylic acids is 1. The van der Waals surface area contributed by atoms with Gasteiger partial charge in [0.1, 0.15) is 10.6 Å². The molecule has 1 aromatic heterocycles. The first-order valence-electron chi connectivity index (χ1n) is 6.40. The highest BCUT2D eigenvalue weighted by Gasteiger charge is 2.16. The lowest BCUT2D eigenvalue weighted by molar-refractivity contribution is 0.0531. The normalized spacial score (nSPS) is 10.3. The molecule has 0 unspecified atom stereocenters. The molecule has 0 radical (unpaired) electrons. The van der Waals surface area contributed by atoms with Crippen molar-refractivity contribution in [3.05, 3.63) is 45.4 Å². The molecule has 1 aromatic carbocycles. The number of ether oxygens (including phenoxy) is 2. The van der Waals surface area contributed by atoms with E-state index >= 15 is 0 Å². The summed E-state index contributed by atoms with van der Waals surface area (Å²) in [7, 11) is 1.64. The first-order valence-corrected chi connectivity index (χ1v) is 7.22. The standard InChI is InChI=1S/C15H17NO3S/c1-4-19-15(17)14-10(2)16-13(20-14)9-11-6-5-7-12(8-11)18-3/h5-8H,4,9H2,1-3H3. The van der Waals surface area contributed by atoms with E-state index in [1.54, 1.807) is 14.0 Å². The third-order valence-corrected chi connectivity index (χ3v) is 3.93. The minimum Gasteiger partial charge on any atom is -0.497 e. The monoisotopic (exact) mass is 291 g/mol. The fourth-order valence-corrected chi connectivity index (χ4v) is 2.86. The lowest BCUT2D eigenvalue weighted by Gasteiger charge is -2.02. The predicted molar refractivity (Wildman–Crippen MR) is 78.6 cm³/mol. The maximum Gasteiger partial charge on any atom is 0.350 e. The molecule has 2 aromatic rings. The number of benzene rings is 1. The molecule has 1 heterocycles. The second-order valence-corrected chi connectivity index (χ2v) is 5.35. The highest BCUT2D eigenvalue weighted by Crippen LogP contribution is 2.23. The van der Waals surface area contributed by atoms with Crippen LogP contribution < -0.4 is 4.74 Å². The van der Waals surface area contributed by atoms with Gasteiger partial charge in [-0.3, -0.25) is 0 Å². The minimum absolute atomic E-state index is 0.292. The van der Waals surface area contributed by atoms with Gasteiger partial charge in [0.05, 0.1) is 24.4 Å². The van der Waals surface area contributed by atoms with E-state index in [1.165, 1.54) is 11.3 Å². The smallest absolute Gasteiger partial charge is 0.350 e. The van der Waals surface area contributed by atoms with Crippen LogP contribution >= 0.6 is 11.3 Å². The van der Waals surface area contributed by atoms with Crippen molar-refractivity contribution in [1.29, 1.82) is 0 Å². The summed E-state index contributed by atoms with van der Waals surface area (Å²) < 4.78 is 10.2. The largest absolute Gasteiger partial charge is 0.497 e. The van der Waals surface area contributed by atoms with Crippen molar-refractivity contribution in [2.45, 2.75) is 20.3 Å². The van der Waals surface area contributed by atoms with E-state index in [0.29, 0.717) is 17.9 Å². The van der Waals surface area contributed by atoms with E-state index < -0.39 is 0 Å². The molecule has 0 atom stereocenters. The van der Waals surface area contributed by atoms with Gasteiger partial charge in [0.15, 0.2) is 0 Å². The van der Waals surface area contributed by atoms with Gasteiger partial charge in [-0.2, -0.15) is 0 Å². The summed E-state index contributed by atoms with van der Waals surface area (Å²) in [4.78, 5) is 16.8. The van der Waals surface area contributed by atoms with Gasteiger partial charge in [0, 0.05) is 6.42 Å². The Morgan fingerprint density at radius 1 is 1.40 bits per heavy atom. The van der Waals surface area contributed by atoms with E-state index in [9.17, 15) is 4.79 Å². The molecule has 0 aliphatic carbocycles. The van der Waals surface area contributed by atoms with Gasteiger partial charge in [0.2, 0.25) is 0 Å². The zero-order valence-electron chi connectivity index (χ0n) is 11.8. The van der Waals surface area contributed by atoms with E-state index in [4.69, 9.17) is 9.47 Å². The maximum atomic E-state index is 11.8. The van der Waals surface area contributed by atoms with Crippen molar-refractivity contribution in [3.8, 4) is 5.75 Å². The van der Waals surface area contributed by atoms with Crippen LogP contribution in [0.2, 0.25) is 0 Å². The minimum atomic E-state index is -0.292. The van der Waals surface area contributed by atoms with Crippen LogP contribution in [0.4, 0.5) is 0 Å². The number of thiazole rings is 1. The number of aryl methyl sites for hydroxylation is 1. The SMILES string of the molecule is CCOC(=O)c1sc(Cc2cccc(OC)c2)nc1C. The first kappa shape index (κ1) is 14.5. The Balaban J connectivity index is 2.17. The molecular formula is C15H17NO3S. The summed E-state index contributed by atoms with van der Waals surface area (Å²) in [6, 6.07) is 7.84. The molecule has 0 spiro atoms. The van der Waals surface area contributed by atoms with Gasteiger partial charge in [-0.05, 0) is 31.5 Å². The number of nitrogens with zero attached hydrogens (tertiary/aromatic N) is 1. The van der Waals surface area contributed by atoms with Gasteiger partial charge in [-0.25, -0.2) is 9.78 Å². The number of hydrogen-bond acceptors (Lipinski definition) is 5. The van der Waals surface area contributed by atoms with Crippen molar-refractivity contribution in [2.75, 3.05) is 13.7 Å². The van der Waals surface area contributed by atoms with Crippen molar-refractivity contribution in [3.63, 3.8) is 0 Å². The molecule has 0 bridgehead atoms. The molecule has 0 fully saturated rings. The molecule has 4 nitrogen and oxygen atoms in total. The Labute approximate surface area is 122 Å². The third kappa shape index (κ3) is 3.36. The Morgan fingerprint density at radius 3 is 2.90 bits per heavy atom. The van der Waals surface area contributed by atoms with Crippen LogP contribution in [0, 0.1) is 6.92 Å². The average Bonchev–Trinajstić information content (AvgIpc) is 2.80. The third-order valence-electron chi connectivity index (χ3n) is 2.79. The molecule has 2 rings (SSSR count). The molecule has 5 heteroatoms. The Hall–Kier alpha value is -1.88. The van der Waals surface area contributed by atoms with Crippen LogP contribution in [0.5, 0.6) is 5.75 Å². The molecule has 0 aliphatic rings. The zero-order chi connectivity index (χ0) is 14.5. The molecule has 106 valence electrons. The first-order chi connectivity index (χ1) is 9.63. The Bertz CT molecular complexity index is 607. The zero-order valence-corrected chi connectivity index (χ0v) is 12.6. The second-order valence-electron chi connectivity index (χ2n) is 4.27. The van der Waals surface area contributed by atoms with Crippen molar-refractivity contribution in [1.82, 2.24) is 4.98 Å². The molecule has 20 heavy (non-hydrogen) atoms. The highest BCUT2D eigenvalue weighted by atomic mass is 32.1. The number of methoxy groups -OCH3 is 1. The van der Waals surface area contributed by atoms with Gasteiger partial charge in [0.25, 0.3) is 0 Å². The summed E-state index contributed by atoms with van der Waals surface area (Å²) in [6.45, 7) is 4.00. The van der Waals surface area contributed by atoms with Crippen LogP contribution in [-0.2, 0) is 11.2 Å². The van der Waals surface area contributed by atoms with Crippen LogP contribution in [-0.4, -0.2) is 24.7 Å². The summed E-state index contributed by atoms with van der Waals surface area (Å²) >= 11 is 1.39. The lowest BCUT2D eigenvalue weighted by Crippen LogP contribution is -2.03. The molecular weight excluding hydrogens is 274 g/mol. The van der Waals surface area contributed by atoms with Crippen molar-refractivity contribution in [2.24, 2.45) is 0 Å². The van der Waals surface area contributed by atoms with Crippen LogP contribution in [0.25, 0.3) is 0 Å². The quantitative estimate of drug-likeness (QED) is 0.794. The topological polar surface area (TPSA) is 48.4 Å². The maximum absolute atomic E-state index is 11.8. The Morgan fingerprint density at radius 2 is 2.20 bits per heavy atom. The number of carbonyl (C=O) groups is 1. The number of rotatable bonds is 5. The van der Waals surface area contributed by atoms with Crippen molar-refractivity contribution < 1.29 is 14.3 Å². The van der Waals surface area contributed by atoms with Gasteiger partial charge in [-0.15, -0.1) is 11.3 Å². The van der Waals surface area contributed by atoms with Crippen molar-refractivity contribution >= 4 is 17.3 Å². The predicted octanol–water partition coefficient (Wildman–Crippen LogP) is 3.23. The molecule has 0 aliphatic heterocycles. The molecule has 0 amide bonds. The number of aromatic nitrogens is 1. The number of hydrogen-bond donors (Lipinski definition) is 0. The number of esters is 1. The molecule has 0 saturated carbocycles. The van der Waals surface area contributed by atoms with Gasteiger partial charge >= 0.3 is 5.97 Å². The summed E-state index contributed by atoms with van der Waals surface area (Å²) in [5.74, 6) is 0.529. The molecule has 0 saturated heterocycles. The second kappa shape index (κ2) is 6.52. The van der Waals surface area contributed by atoms with E-state index in [-0.39, 0.29) is 5.97 Å². The van der Waals surface area contributed by atoms with Crippen LogP contribution in [0.1, 0.15) is 32.9 Å². The fourth-order valence-electron chi connectivity index (χ4n) is 1.87.